The number of rotatable bonds is 6. The fraction of sp³-hybridized carbons (Fsp3) is 0.286. The van der Waals surface area contributed by atoms with E-state index in [1.54, 1.807) is 25.3 Å². The van der Waals surface area contributed by atoms with E-state index in [9.17, 15) is 4.39 Å². The van der Waals surface area contributed by atoms with Crippen LogP contribution in [0.5, 0.6) is 11.8 Å². The van der Waals surface area contributed by atoms with Gasteiger partial charge in [0, 0.05) is 24.4 Å². The number of nitrogen functional groups attached to an aromatic ring is 1. The van der Waals surface area contributed by atoms with E-state index < -0.39 is 0 Å². The largest absolute Gasteiger partial charge is 0.467 e. The summed E-state index contributed by atoms with van der Waals surface area (Å²) in [6.45, 7) is 1.98. The minimum absolute atomic E-state index is 0.207. The predicted molar refractivity (Wildman–Crippen MR) is 85.6 cm³/mol. The highest BCUT2D eigenvalue weighted by atomic mass is 32.2. The van der Waals surface area contributed by atoms with Gasteiger partial charge in [-0.3, -0.25) is 0 Å². The molecule has 1 aromatic carbocycles. The molecule has 0 saturated carbocycles. The number of aryl methyl sites for hydroxylation is 1. The summed E-state index contributed by atoms with van der Waals surface area (Å²) in [4.78, 5) is 8.19. The highest BCUT2D eigenvalue weighted by molar-refractivity contribution is 7.94. The molecule has 0 saturated heterocycles. The SMILES string of the molecule is COc1nc(C)c(N)c(NCc2ccc(OSC)cc2F)n1. The maximum absolute atomic E-state index is 14.0. The van der Waals surface area contributed by atoms with E-state index in [4.69, 9.17) is 14.7 Å². The van der Waals surface area contributed by atoms with Gasteiger partial charge in [-0.2, -0.15) is 9.97 Å². The Bertz CT molecular complexity index is 670. The van der Waals surface area contributed by atoms with Crippen molar-refractivity contribution >= 4 is 23.5 Å². The van der Waals surface area contributed by atoms with Crippen molar-refractivity contribution in [1.82, 2.24) is 9.97 Å². The highest BCUT2D eigenvalue weighted by Gasteiger charge is 2.10. The van der Waals surface area contributed by atoms with Gasteiger partial charge in [0.2, 0.25) is 0 Å². The first kappa shape index (κ1) is 16.2. The lowest BCUT2D eigenvalue weighted by molar-refractivity contribution is 0.379. The van der Waals surface area contributed by atoms with Crippen molar-refractivity contribution < 1.29 is 13.3 Å². The van der Waals surface area contributed by atoms with Gasteiger partial charge in [-0.1, -0.05) is 6.07 Å². The molecule has 0 aliphatic heterocycles. The lowest BCUT2D eigenvalue weighted by Gasteiger charge is -2.12. The predicted octanol–water partition coefficient (Wildman–Crippen LogP) is 2.78. The molecule has 0 radical (unpaired) electrons. The first-order valence-electron chi connectivity index (χ1n) is 6.46. The van der Waals surface area contributed by atoms with Crippen molar-refractivity contribution in [2.75, 3.05) is 24.4 Å². The van der Waals surface area contributed by atoms with Gasteiger partial charge in [0.1, 0.15) is 11.6 Å². The smallest absolute Gasteiger partial charge is 0.318 e. The lowest BCUT2D eigenvalue weighted by Crippen LogP contribution is -2.09. The van der Waals surface area contributed by atoms with Gasteiger partial charge in [0.05, 0.1) is 30.5 Å². The summed E-state index contributed by atoms with van der Waals surface area (Å²) in [6.07, 6.45) is 1.76. The normalized spacial score (nSPS) is 10.4. The fourth-order valence-corrected chi connectivity index (χ4v) is 2.08. The molecule has 0 bridgehead atoms. The van der Waals surface area contributed by atoms with E-state index in [1.807, 2.05) is 0 Å². The lowest BCUT2D eigenvalue weighted by atomic mass is 10.2. The number of halogens is 1. The average molecular weight is 324 g/mol. The van der Waals surface area contributed by atoms with Crippen molar-refractivity contribution in [3.63, 3.8) is 0 Å². The first-order valence-corrected chi connectivity index (χ1v) is 7.61. The molecule has 8 heteroatoms. The maximum atomic E-state index is 14.0. The molecule has 118 valence electrons. The second kappa shape index (κ2) is 7.17. The molecule has 1 aromatic heterocycles. The van der Waals surface area contributed by atoms with E-state index in [2.05, 4.69) is 15.3 Å². The standard InChI is InChI=1S/C14H17FN4O2S/c1-8-12(16)13(19-14(18-8)20-2)17-7-9-4-5-10(21-22-3)6-11(9)15/h4-6H,7,16H2,1-3H3,(H,17,18,19). The number of nitrogens with two attached hydrogens (primary N) is 1. The van der Waals surface area contributed by atoms with Crippen molar-refractivity contribution in [3.8, 4) is 11.8 Å². The number of anilines is 2. The molecular formula is C14H17FN4O2S. The van der Waals surface area contributed by atoms with Gasteiger partial charge in [-0.05, 0) is 13.0 Å². The monoisotopic (exact) mass is 324 g/mol. The van der Waals surface area contributed by atoms with Gasteiger partial charge >= 0.3 is 6.01 Å². The van der Waals surface area contributed by atoms with Crippen molar-refractivity contribution in [1.29, 1.82) is 0 Å². The van der Waals surface area contributed by atoms with Gasteiger partial charge in [-0.25, -0.2) is 4.39 Å². The Labute approximate surface area is 132 Å². The van der Waals surface area contributed by atoms with Crippen LogP contribution in [0.2, 0.25) is 0 Å². The summed E-state index contributed by atoms with van der Waals surface area (Å²) in [5.74, 6) is 0.511. The molecule has 2 aromatic rings. The molecule has 3 N–H and O–H groups in total. The van der Waals surface area contributed by atoms with Gasteiger partial charge in [-0.15, -0.1) is 0 Å². The van der Waals surface area contributed by atoms with Crippen LogP contribution in [-0.4, -0.2) is 23.3 Å². The number of hydrogen-bond acceptors (Lipinski definition) is 7. The molecule has 0 spiro atoms. The number of nitrogens with one attached hydrogen (secondary N) is 1. The second-order valence-corrected chi connectivity index (χ2v) is 4.91. The van der Waals surface area contributed by atoms with Crippen LogP contribution in [0, 0.1) is 12.7 Å². The van der Waals surface area contributed by atoms with Crippen LogP contribution >= 0.6 is 12.0 Å². The summed E-state index contributed by atoms with van der Waals surface area (Å²) in [5, 5.41) is 2.99. The summed E-state index contributed by atoms with van der Waals surface area (Å²) in [5.41, 5.74) is 7.39. The van der Waals surface area contributed by atoms with Crippen molar-refractivity contribution in [2.45, 2.75) is 13.5 Å². The van der Waals surface area contributed by atoms with Crippen LogP contribution in [0.3, 0.4) is 0 Å². The Balaban J connectivity index is 2.15. The molecule has 22 heavy (non-hydrogen) atoms. The van der Waals surface area contributed by atoms with E-state index in [0.717, 1.165) is 12.0 Å². The molecule has 2 rings (SSSR count). The Kier molecular flexibility index (Phi) is 5.26. The van der Waals surface area contributed by atoms with Gasteiger partial charge < -0.3 is 20.0 Å². The zero-order valence-electron chi connectivity index (χ0n) is 12.5. The van der Waals surface area contributed by atoms with Crippen LogP contribution in [-0.2, 0) is 6.54 Å². The van der Waals surface area contributed by atoms with Crippen LogP contribution in [0.15, 0.2) is 18.2 Å². The molecular weight excluding hydrogens is 307 g/mol. The molecule has 1 heterocycles. The molecule has 6 nitrogen and oxygen atoms in total. The quantitative estimate of drug-likeness (QED) is 0.791. The topological polar surface area (TPSA) is 82.3 Å². The van der Waals surface area contributed by atoms with E-state index in [-0.39, 0.29) is 18.4 Å². The van der Waals surface area contributed by atoms with Crippen LogP contribution in [0.25, 0.3) is 0 Å². The van der Waals surface area contributed by atoms with Crippen LogP contribution in [0.4, 0.5) is 15.9 Å². The Hall–Kier alpha value is -2.22. The van der Waals surface area contributed by atoms with E-state index in [1.165, 1.54) is 13.2 Å². The summed E-state index contributed by atoms with van der Waals surface area (Å²) >= 11 is 1.16. The minimum atomic E-state index is -0.365. The molecule has 0 aliphatic carbocycles. The third-order valence-electron chi connectivity index (χ3n) is 2.95. The maximum Gasteiger partial charge on any atom is 0.318 e. The Morgan fingerprint density at radius 3 is 2.77 bits per heavy atom. The number of benzene rings is 1. The van der Waals surface area contributed by atoms with E-state index >= 15 is 0 Å². The summed E-state index contributed by atoms with van der Waals surface area (Å²) in [7, 11) is 1.47. The minimum Gasteiger partial charge on any atom is -0.467 e. The second-order valence-electron chi connectivity index (χ2n) is 4.41. The first-order chi connectivity index (χ1) is 10.5. The number of hydrogen-bond donors (Lipinski definition) is 2. The zero-order valence-corrected chi connectivity index (χ0v) is 13.3. The fourth-order valence-electron chi connectivity index (χ4n) is 1.78. The summed E-state index contributed by atoms with van der Waals surface area (Å²) in [6, 6.07) is 4.89. The average Bonchev–Trinajstić information content (AvgIpc) is 2.50. The number of aromatic nitrogens is 2. The van der Waals surface area contributed by atoms with E-state index in [0.29, 0.717) is 28.5 Å². The molecule has 0 fully saturated rings. The number of nitrogens with zero attached hydrogens (tertiary/aromatic N) is 2. The Morgan fingerprint density at radius 1 is 1.36 bits per heavy atom. The number of methoxy groups -OCH3 is 1. The van der Waals surface area contributed by atoms with Crippen LogP contribution in [0.1, 0.15) is 11.3 Å². The molecule has 0 unspecified atom stereocenters. The molecule has 0 amide bonds. The Morgan fingerprint density at radius 2 is 2.14 bits per heavy atom. The van der Waals surface area contributed by atoms with Crippen molar-refractivity contribution in [3.05, 3.63) is 35.3 Å². The third kappa shape index (κ3) is 3.70. The number of ether oxygens (including phenoxy) is 1. The highest BCUT2D eigenvalue weighted by Crippen LogP contribution is 2.24. The van der Waals surface area contributed by atoms with Crippen LogP contribution < -0.4 is 20.0 Å². The third-order valence-corrected chi connectivity index (χ3v) is 3.31. The molecule has 0 atom stereocenters. The summed E-state index contributed by atoms with van der Waals surface area (Å²) < 4.78 is 24.2. The van der Waals surface area contributed by atoms with Crippen molar-refractivity contribution in [2.24, 2.45) is 0 Å². The van der Waals surface area contributed by atoms with Gasteiger partial charge in [0.15, 0.2) is 5.82 Å². The molecule has 0 aliphatic rings. The van der Waals surface area contributed by atoms with Gasteiger partial charge in [0.25, 0.3) is 0 Å². The zero-order chi connectivity index (χ0) is 16.1.